The fourth-order valence-corrected chi connectivity index (χ4v) is 1.79. The molecule has 4 nitrogen and oxygen atoms in total. The Labute approximate surface area is 104 Å². The van der Waals surface area contributed by atoms with Crippen LogP contribution >= 0.6 is 0 Å². The van der Waals surface area contributed by atoms with Gasteiger partial charge in [-0.05, 0) is 26.0 Å². The highest BCUT2D eigenvalue weighted by atomic mass is 16.3. The molecule has 0 aliphatic heterocycles. The molecule has 0 radical (unpaired) electrons. The Morgan fingerprint density at radius 3 is 2.94 bits per heavy atom. The van der Waals surface area contributed by atoms with Crippen LogP contribution in [0.4, 0.5) is 5.82 Å². The summed E-state index contributed by atoms with van der Waals surface area (Å²) in [4.78, 5) is 6.38. The van der Waals surface area contributed by atoms with E-state index in [0.717, 1.165) is 25.3 Å². The summed E-state index contributed by atoms with van der Waals surface area (Å²) in [6.45, 7) is 6.36. The van der Waals surface area contributed by atoms with E-state index in [2.05, 4.69) is 23.3 Å². The zero-order valence-electron chi connectivity index (χ0n) is 11.0. The quantitative estimate of drug-likeness (QED) is 0.704. The van der Waals surface area contributed by atoms with E-state index in [0.29, 0.717) is 6.54 Å². The molecule has 1 aromatic rings. The number of aromatic nitrogens is 1. The number of pyridine rings is 1. The Bertz CT molecular complexity index is 328. The van der Waals surface area contributed by atoms with Crippen LogP contribution in [0.5, 0.6) is 0 Å². The van der Waals surface area contributed by atoms with Crippen LogP contribution in [-0.2, 0) is 6.54 Å². The van der Waals surface area contributed by atoms with Crippen molar-refractivity contribution in [1.29, 1.82) is 0 Å². The van der Waals surface area contributed by atoms with E-state index in [1.807, 2.05) is 18.0 Å². The predicted octanol–water partition coefficient (Wildman–Crippen LogP) is 1.40. The average Bonchev–Trinajstić information content (AvgIpc) is 2.29. The minimum absolute atomic E-state index is 0.349. The molecular weight excluding hydrogens is 214 g/mol. The van der Waals surface area contributed by atoms with Crippen LogP contribution in [-0.4, -0.2) is 36.3 Å². The van der Waals surface area contributed by atoms with Crippen molar-refractivity contribution in [2.75, 3.05) is 25.0 Å². The lowest BCUT2D eigenvalue weighted by Crippen LogP contribution is -2.29. The SMILES string of the molecule is CCCNCc1cccnc1N(C)CC(C)O. The molecule has 0 fully saturated rings. The van der Waals surface area contributed by atoms with Gasteiger partial charge < -0.3 is 15.3 Å². The third kappa shape index (κ3) is 4.71. The van der Waals surface area contributed by atoms with Crippen molar-refractivity contribution in [1.82, 2.24) is 10.3 Å². The van der Waals surface area contributed by atoms with E-state index in [9.17, 15) is 5.11 Å². The molecule has 0 saturated heterocycles. The van der Waals surface area contributed by atoms with E-state index in [1.165, 1.54) is 5.56 Å². The number of hydrogen-bond donors (Lipinski definition) is 2. The first-order chi connectivity index (χ1) is 8.15. The van der Waals surface area contributed by atoms with Crippen LogP contribution in [0.2, 0.25) is 0 Å². The van der Waals surface area contributed by atoms with E-state index in [1.54, 1.807) is 13.1 Å². The zero-order chi connectivity index (χ0) is 12.7. The predicted molar refractivity (Wildman–Crippen MR) is 71.2 cm³/mol. The molecule has 1 unspecified atom stereocenters. The van der Waals surface area contributed by atoms with Gasteiger partial charge in [-0.1, -0.05) is 13.0 Å². The fraction of sp³-hybridized carbons (Fsp3) is 0.615. The number of nitrogens with one attached hydrogen (secondary N) is 1. The molecule has 0 spiro atoms. The molecule has 0 saturated carbocycles. The van der Waals surface area contributed by atoms with Gasteiger partial charge in [-0.15, -0.1) is 0 Å². The van der Waals surface area contributed by atoms with Crippen LogP contribution < -0.4 is 10.2 Å². The van der Waals surface area contributed by atoms with Gasteiger partial charge in [0, 0.05) is 31.9 Å². The van der Waals surface area contributed by atoms with Crippen molar-refractivity contribution >= 4 is 5.82 Å². The second-order valence-electron chi connectivity index (χ2n) is 4.39. The molecule has 96 valence electrons. The second kappa shape index (κ2) is 7.25. The molecule has 1 atom stereocenters. The number of aliphatic hydroxyl groups excluding tert-OH is 1. The summed E-state index contributed by atoms with van der Waals surface area (Å²) in [6.07, 6.45) is 2.56. The maximum Gasteiger partial charge on any atom is 0.132 e. The third-order valence-corrected chi connectivity index (χ3v) is 2.51. The first-order valence-corrected chi connectivity index (χ1v) is 6.19. The lowest BCUT2D eigenvalue weighted by atomic mass is 10.2. The number of aliphatic hydroxyl groups is 1. The molecule has 1 heterocycles. The van der Waals surface area contributed by atoms with Crippen LogP contribution in [0.15, 0.2) is 18.3 Å². The lowest BCUT2D eigenvalue weighted by molar-refractivity contribution is 0.201. The second-order valence-corrected chi connectivity index (χ2v) is 4.39. The van der Waals surface area contributed by atoms with Gasteiger partial charge >= 0.3 is 0 Å². The maximum absolute atomic E-state index is 9.40. The summed E-state index contributed by atoms with van der Waals surface area (Å²) in [6, 6.07) is 4.02. The minimum Gasteiger partial charge on any atom is -0.392 e. The Kier molecular flexibility index (Phi) is 5.94. The van der Waals surface area contributed by atoms with Crippen molar-refractivity contribution in [3.8, 4) is 0 Å². The lowest BCUT2D eigenvalue weighted by Gasteiger charge is -2.22. The van der Waals surface area contributed by atoms with Gasteiger partial charge in [-0.2, -0.15) is 0 Å². The van der Waals surface area contributed by atoms with Crippen LogP contribution in [0, 0.1) is 0 Å². The monoisotopic (exact) mass is 237 g/mol. The number of rotatable bonds is 7. The van der Waals surface area contributed by atoms with E-state index < -0.39 is 0 Å². The Balaban J connectivity index is 2.69. The number of anilines is 1. The smallest absolute Gasteiger partial charge is 0.132 e. The van der Waals surface area contributed by atoms with Crippen molar-refractivity contribution in [2.45, 2.75) is 32.9 Å². The molecule has 1 rings (SSSR count). The standard InChI is InChI=1S/C13H23N3O/c1-4-7-14-9-12-6-5-8-15-13(12)16(3)10-11(2)17/h5-6,8,11,14,17H,4,7,9-10H2,1-3H3. The third-order valence-electron chi connectivity index (χ3n) is 2.51. The Morgan fingerprint density at radius 2 is 2.29 bits per heavy atom. The highest BCUT2D eigenvalue weighted by molar-refractivity contribution is 5.45. The van der Waals surface area contributed by atoms with Crippen molar-refractivity contribution in [2.24, 2.45) is 0 Å². The van der Waals surface area contributed by atoms with Crippen molar-refractivity contribution in [3.05, 3.63) is 23.9 Å². The fourth-order valence-electron chi connectivity index (χ4n) is 1.79. The van der Waals surface area contributed by atoms with Gasteiger partial charge in [0.2, 0.25) is 0 Å². The van der Waals surface area contributed by atoms with Crippen molar-refractivity contribution < 1.29 is 5.11 Å². The highest BCUT2D eigenvalue weighted by Gasteiger charge is 2.09. The molecule has 0 aliphatic carbocycles. The van der Waals surface area contributed by atoms with Gasteiger partial charge in [-0.3, -0.25) is 0 Å². The molecule has 0 aromatic carbocycles. The maximum atomic E-state index is 9.40. The summed E-state index contributed by atoms with van der Waals surface area (Å²) < 4.78 is 0. The minimum atomic E-state index is -0.349. The molecule has 0 aliphatic rings. The van der Waals surface area contributed by atoms with Gasteiger partial charge in [0.25, 0.3) is 0 Å². The molecular formula is C13H23N3O. The zero-order valence-corrected chi connectivity index (χ0v) is 11.0. The summed E-state index contributed by atoms with van der Waals surface area (Å²) >= 11 is 0. The van der Waals surface area contributed by atoms with Crippen LogP contribution in [0.25, 0.3) is 0 Å². The van der Waals surface area contributed by atoms with E-state index in [-0.39, 0.29) is 6.10 Å². The first kappa shape index (κ1) is 13.9. The number of nitrogens with zero attached hydrogens (tertiary/aromatic N) is 2. The molecule has 4 heteroatoms. The topological polar surface area (TPSA) is 48.4 Å². The summed E-state index contributed by atoms with van der Waals surface area (Å²) in [5, 5.41) is 12.8. The molecule has 0 amide bonds. The van der Waals surface area contributed by atoms with Crippen LogP contribution in [0.1, 0.15) is 25.8 Å². The summed E-state index contributed by atoms with van der Waals surface area (Å²) in [7, 11) is 1.96. The Hall–Kier alpha value is -1.13. The van der Waals surface area contributed by atoms with E-state index >= 15 is 0 Å². The molecule has 17 heavy (non-hydrogen) atoms. The molecule has 0 bridgehead atoms. The van der Waals surface area contributed by atoms with Gasteiger partial charge in [0.15, 0.2) is 0 Å². The molecule has 2 N–H and O–H groups in total. The van der Waals surface area contributed by atoms with Crippen LogP contribution in [0.3, 0.4) is 0 Å². The Morgan fingerprint density at radius 1 is 1.53 bits per heavy atom. The molecule has 1 aromatic heterocycles. The largest absolute Gasteiger partial charge is 0.392 e. The first-order valence-electron chi connectivity index (χ1n) is 6.19. The normalized spacial score (nSPS) is 12.5. The summed E-state index contributed by atoms with van der Waals surface area (Å²) in [5.74, 6) is 0.942. The van der Waals surface area contributed by atoms with Gasteiger partial charge in [0.05, 0.1) is 6.10 Å². The van der Waals surface area contributed by atoms with Crippen molar-refractivity contribution in [3.63, 3.8) is 0 Å². The number of likely N-dealkylation sites (N-methyl/N-ethyl adjacent to an activating group) is 1. The van der Waals surface area contributed by atoms with Gasteiger partial charge in [-0.25, -0.2) is 4.98 Å². The average molecular weight is 237 g/mol. The highest BCUT2D eigenvalue weighted by Crippen LogP contribution is 2.15. The summed E-state index contributed by atoms with van der Waals surface area (Å²) in [5.41, 5.74) is 1.17. The number of hydrogen-bond acceptors (Lipinski definition) is 4. The van der Waals surface area contributed by atoms with Gasteiger partial charge in [0.1, 0.15) is 5.82 Å². The van der Waals surface area contributed by atoms with E-state index in [4.69, 9.17) is 0 Å².